The van der Waals surface area contributed by atoms with Gasteiger partial charge in [0.2, 0.25) is 5.91 Å². The minimum Gasteiger partial charge on any atom is -0.325 e. The number of aromatic nitrogens is 2. The van der Waals surface area contributed by atoms with E-state index in [4.69, 9.17) is 11.6 Å². The van der Waals surface area contributed by atoms with Gasteiger partial charge in [-0.3, -0.25) is 18.7 Å². The molecule has 0 spiro atoms. The first-order valence-corrected chi connectivity index (χ1v) is 9.13. The van der Waals surface area contributed by atoms with Crippen molar-refractivity contribution in [2.45, 2.75) is 26.9 Å². The van der Waals surface area contributed by atoms with Gasteiger partial charge >= 0.3 is 5.69 Å². The van der Waals surface area contributed by atoms with Gasteiger partial charge in [-0.25, -0.2) is 4.79 Å². The summed E-state index contributed by atoms with van der Waals surface area (Å²) in [4.78, 5) is 37.2. The zero-order valence-electron chi connectivity index (χ0n) is 15.6. The minimum absolute atomic E-state index is 0.206. The molecule has 0 aliphatic heterocycles. The van der Waals surface area contributed by atoms with Gasteiger partial charge < -0.3 is 5.32 Å². The number of hydrogen-bond donors (Lipinski definition) is 1. The predicted octanol–water partition coefficient (Wildman–Crippen LogP) is 2.97. The van der Waals surface area contributed by atoms with E-state index in [0.29, 0.717) is 10.7 Å². The molecule has 1 aromatic heterocycles. The molecule has 0 bridgehead atoms. The van der Waals surface area contributed by atoms with E-state index in [1.165, 1.54) is 16.8 Å². The highest BCUT2D eigenvalue weighted by molar-refractivity contribution is 6.31. The first-order chi connectivity index (χ1) is 13.3. The molecule has 3 rings (SSSR count). The number of carbonyl (C=O) groups is 1. The van der Waals surface area contributed by atoms with Crippen LogP contribution in [-0.4, -0.2) is 15.0 Å². The Hall–Kier alpha value is -3.12. The van der Waals surface area contributed by atoms with Gasteiger partial charge in [0, 0.05) is 23.0 Å². The number of carbonyl (C=O) groups excluding carboxylic acids is 1. The lowest BCUT2D eigenvalue weighted by atomic mass is 10.1. The first kappa shape index (κ1) is 19.6. The molecule has 1 amide bonds. The molecule has 144 valence electrons. The SMILES string of the molecule is Cc1cc(C)cc(NC(=O)Cn2c(=O)ccn(Cc3ccccc3Cl)c2=O)c1. The molecule has 0 atom stereocenters. The van der Waals surface area contributed by atoms with Crippen molar-refractivity contribution >= 4 is 23.2 Å². The van der Waals surface area contributed by atoms with Crippen LogP contribution in [0.1, 0.15) is 16.7 Å². The summed E-state index contributed by atoms with van der Waals surface area (Å²) < 4.78 is 2.27. The van der Waals surface area contributed by atoms with Crippen molar-refractivity contribution < 1.29 is 4.79 Å². The fourth-order valence-corrected chi connectivity index (χ4v) is 3.22. The summed E-state index contributed by atoms with van der Waals surface area (Å²) in [6, 6.07) is 14.1. The number of rotatable bonds is 5. The topological polar surface area (TPSA) is 73.1 Å². The number of anilines is 1. The second-order valence-electron chi connectivity index (χ2n) is 6.67. The molecule has 0 radical (unpaired) electrons. The molecule has 0 unspecified atom stereocenters. The molecule has 0 aliphatic rings. The average Bonchev–Trinajstić information content (AvgIpc) is 2.62. The van der Waals surface area contributed by atoms with Crippen LogP contribution in [0.4, 0.5) is 5.69 Å². The zero-order valence-corrected chi connectivity index (χ0v) is 16.4. The van der Waals surface area contributed by atoms with Crippen molar-refractivity contribution in [2.24, 2.45) is 0 Å². The van der Waals surface area contributed by atoms with Crippen molar-refractivity contribution in [3.63, 3.8) is 0 Å². The van der Waals surface area contributed by atoms with E-state index >= 15 is 0 Å². The quantitative estimate of drug-likeness (QED) is 0.719. The van der Waals surface area contributed by atoms with Crippen molar-refractivity contribution in [3.05, 3.63) is 97.3 Å². The predicted molar refractivity (Wildman–Crippen MR) is 110 cm³/mol. The number of nitrogens with zero attached hydrogens (tertiary/aromatic N) is 2. The lowest BCUT2D eigenvalue weighted by Crippen LogP contribution is -2.41. The molecule has 0 saturated heterocycles. The maximum atomic E-state index is 12.7. The smallest absolute Gasteiger partial charge is 0.325 e. The van der Waals surface area contributed by atoms with Crippen molar-refractivity contribution in [1.82, 2.24) is 9.13 Å². The molecule has 2 aromatic carbocycles. The van der Waals surface area contributed by atoms with Gasteiger partial charge in [-0.1, -0.05) is 35.9 Å². The lowest BCUT2D eigenvalue weighted by Gasteiger charge is -2.12. The molecule has 0 aliphatic carbocycles. The van der Waals surface area contributed by atoms with Crippen LogP contribution >= 0.6 is 11.6 Å². The largest absolute Gasteiger partial charge is 0.331 e. The maximum absolute atomic E-state index is 12.7. The summed E-state index contributed by atoms with van der Waals surface area (Å²) >= 11 is 6.15. The van der Waals surface area contributed by atoms with Crippen LogP contribution in [0.25, 0.3) is 0 Å². The maximum Gasteiger partial charge on any atom is 0.331 e. The molecule has 1 heterocycles. The highest BCUT2D eigenvalue weighted by atomic mass is 35.5. The Morgan fingerprint density at radius 3 is 2.39 bits per heavy atom. The third-order valence-corrected chi connectivity index (χ3v) is 4.61. The molecule has 1 N–H and O–H groups in total. The minimum atomic E-state index is -0.567. The number of aryl methyl sites for hydroxylation is 2. The second-order valence-corrected chi connectivity index (χ2v) is 7.07. The van der Waals surface area contributed by atoms with Gasteiger partial charge in [0.25, 0.3) is 5.56 Å². The third kappa shape index (κ3) is 4.58. The highest BCUT2D eigenvalue weighted by Crippen LogP contribution is 2.15. The Labute approximate surface area is 167 Å². The van der Waals surface area contributed by atoms with Gasteiger partial charge in [0.1, 0.15) is 6.54 Å². The van der Waals surface area contributed by atoms with E-state index in [0.717, 1.165) is 21.3 Å². The monoisotopic (exact) mass is 397 g/mol. The fraction of sp³-hybridized carbons (Fsp3) is 0.190. The van der Waals surface area contributed by atoms with Crippen LogP contribution in [0.2, 0.25) is 5.02 Å². The number of halogens is 1. The van der Waals surface area contributed by atoms with Crippen LogP contribution in [0.3, 0.4) is 0 Å². The van der Waals surface area contributed by atoms with E-state index in [2.05, 4.69) is 5.32 Å². The molecule has 0 saturated carbocycles. The molecule has 3 aromatic rings. The summed E-state index contributed by atoms with van der Waals surface area (Å²) in [5, 5.41) is 3.26. The Bertz CT molecular complexity index is 1130. The van der Waals surface area contributed by atoms with Gasteiger partial charge in [-0.2, -0.15) is 0 Å². The van der Waals surface area contributed by atoms with Gasteiger partial charge in [-0.05, 0) is 48.7 Å². The molecular formula is C21H20ClN3O3. The Morgan fingerprint density at radius 2 is 1.71 bits per heavy atom. The van der Waals surface area contributed by atoms with Crippen LogP contribution in [0.5, 0.6) is 0 Å². The normalized spacial score (nSPS) is 10.7. The van der Waals surface area contributed by atoms with Crippen LogP contribution in [0, 0.1) is 13.8 Å². The number of amides is 1. The summed E-state index contributed by atoms with van der Waals surface area (Å²) in [5.41, 5.74) is 2.29. The molecular weight excluding hydrogens is 378 g/mol. The lowest BCUT2D eigenvalue weighted by molar-refractivity contribution is -0.116. The van der Waals surface area contributed by atoms with Gasteiger partial charge in [0.05, 0.1) is 6.54 Å². The Balaban J connectivity index is 1.84. The standard InChI is InChI=1S/C21H20ClN3O3/c1-14-9-15(2)11-17(10-14)23-19(26)13-25-20(27)7-8-24(21(25)28)12-16-5-3-4-6-18(16)22/h3-11H,12-13H2,1-2H3,(H,23,26). The first-order valence-electron chi connectivity index (χ1n) is 8.75. The number of benzene rings is 2. The van der Waals surface area contributed by atoms with Crippen LogP contribution in [-0.2, 0) is 17.9 Å². The van der Waals surface area contributed by atoms with E-state index in [-0.39, 0.29) is 13.1 Å². The van der Waals surface area contributed by atoms with Gasteiger partial charge in [0.15, 0.2) is 0 Å². The van der Waals surface area contributed by atoms with Crippen molar-refractivity contribution in [1.29, 1.82) is 0 Å². The van der Waals surface area contributed by atoms with Crippen molar-refractivity contribution in [2.75, 3.05) is 5.32 Å². The molecule has 7 heteroatoms. The molecule has 0 fully saturated rings. The Kier molecular flexibility index (Phi) is 5.80. The fourth-order valence-electron chi connectivity index (χ4n) is 3.02. The van der Waals surface area contributed by atoms with Gasteiger partial charge in [-0.15, -0.1) is 0 Å². The van der Waals surface area contributed by atoms with Crippen LogP contribution < -0.4 is 16.6 Å². The summed E-state index contributed by atoms with van der Waals surface area (Å²) in [5.74, 6) is -0.445. The summed E-state index contributed by atoms with van der Waals surface area (Å²) in [7, 11) is 0. The third-order valence-electron chi connectivity index (χ3n) is 4.25. The number of hydrogen-bond acceptors (Lipinski definition) is 3. The second kappa shape index (κ2) is 8.27. The Morgan fingerprint density at radius 1 is 1.04 bits per heavy atom. The van der Waals surface area contributed by atoms with E-state index in [1.807, 2.05) is 38.1 Å². The van der Waals surface area contributed by atoms with Crippen molar-refractivity contribution in [3.8, 4) is 0 Å². The van der Waals surface area contributed by atoms with Crippen LogP contribution in [0.15, 0.2) is 64.3 Å². The summed E-state index contributed by atoms with van der Waals surface area (Å²) in [6.45, 7) is 3.70. The highest BCUT2D eigenvalue weighted by Gasteiger charge is 2.12. The molecule has 28 heavy (non-hydrogen) atoms. The van der Waals surface area contributed by atoms with E-state index < -0.39 is 17.2 Å². The zero-order chi connectivity index (χ0) is 20.3. The van der Waals surface area contributed by atoms with E-state index in [9.17, 15) is 14.4 Å². The molecule has 6 nitrogen and oxygen atoms in total. The number of nitrogens with one attached hydrogen (secondary N) is 1. The van der Waals surface area contributed by atoms with E-state index in [1.54, 1.807) is 18.2 Å². The average molecular weight is 398 g/mol. The summed E-state index contributed by atoms with van der Waals surface area (Å²) in [6.07, 6.45) is 1.41.